The Kier molecular flexibility index (Phi) is 4.65. The Balaban J connectivity index is 2.58. The fourth-order valence-electron chi connectivity index (χ4n) is 0.859. The Hall–Kier alpha value is -0.320. The molecule has 0 aliphatic heterocycles. The van der Waals surface area contributed by atoms with Gasteiger partial charge in [-0.05, 0) is 30.5 Å². The lowest BCUT2D eigenvalue weighted by atomic mass is 10.2. The van der Waals surface area contributed by atoms with Crippen LogP contribution in [0.4, 0.5) is 0 Å². The van der Waals surface area contributed by atoms with Crippen LogP contribution in [-0.2, 0) is 0 Å². The number of hydrogen-bond donors (Lipinski definition) is 1. The van der Waals surface area contributed by atoms with Gasteiger partial charge in [0, 0.05) is 18.1 Å². The van der Waals surface area contributed by atoms with Gasteiger partial charge in [-0.3, -0.25) is 0 Å². The van der Waals surface area contributed by atoms with Gasteiger partial charge in [-0.2, -0.15) is 0 Å². The van der Waals surface area contributed by atoms with E-state index in [0.717, 1.165) is 16.5 Å². The summed E-state index contributed by atoms with van der Waals surface area (Å²) >= 11 is 7.30. The summed E-state index contributed by atoms with van der Waals surface area (Å²) in [6.45, 7) is 4.07. The molecule has 5 heteroatoms. The highest BCUT2D eigenvalue weighted by molar-refractivity contribution is 7.99. The molecule has 1 heterocycles. The van der Waals surface area contributed by atoms with Crippen molar-refractivity contribution < 1.29 is 5.11 Å². The maximum Gasteiger partial charge on any atom is 0.223 e. The van der Waals surface area contributed by atoms with Crippen molar-refractivity contribution in [2.45, 2.75) is 18.9 Å². The zero-order chi connectivity index (χ0) is 10.6. The van der Waals surface area contributed by atoms with Crippen molar-refractivity contribution in [2.24, 2.45) is 5.92 Å². The molecule has 0 radical (unpaired) electrons. The van der Waals surface area contributed by atoms with E-state index in [-0.39, 0.29) is 17.8 Å². The van der Waals surface area contributed by atoms with Gasteiger partial charge in [0.1, 0.15) is 5.03 Å². The normalized spacial score (nSPS) is 12.9. The first-order chi connectivity index (χ1) is 6.61. The smallest absolute Gasteiger partial charge is 0.223 e. The van der Waals surface area contributed by atoms with E-state index in [1.807, 2.05) is 19.9 Å². The minimum absolute atomic E-state index is 0.199. The topological polar surface area (TPSA) is 46.0 Å². The summed E-state index contributed by atoms with van der Waals surface area (Å²) in [4.78, 5) is 8.05. The first-order valence-electron chi connectivity index (χ1n) is 4.36. The molecule has 0 amide bonds. The van der Waals surface area contributed by atoms with Crippen molar-refractivity contribution in [1.82, 2.24) is 9.97 Å². The third kappa shape index (κ3) is 3.82. The van der Waals surface area contributed by atoms with Gasteiger partial charge in [0.2, 0.25) is 5.28 Å². The molecule has 0 saturated heterocycles. The number of rotatable bonds is 4. The Bertz CT molecular complexity index is 289. The van der Waals surface area contributed by atoms with Crippen molar-refractivity contribution in [3.8, 4) is 0 Å². The molecule has 0 spiro atoms. The lowest BCUT2D eigenvalue weighted by molar-refractivity contribution is 0.250. The summed E-state index contributed by atoms with van der Waals surface area (Å²) in [7, 11) is 0. The van der Waals surface area contributed by atoms with E-state index in [1.165, 1.54) is 0 Å². The highest BCUT2D eigenvalue weighted by Gasteiger charge is 2.04. The monoisotopic (exact) mass is 232 g/mol. The summed E-state index contributed by atoms with van der Waals surface area (Å²) in [6.07, 6.45) is 0. The number of aliphatic hydroxyl groups excluding tert-OH is 1. The van der Waals surface area contributed by atoms with Crippen LogP contribution in [0.15, 0.2) is 11.1 Å². The second-order valence-electron chi connectivity index (χ2n) is 3.22. The minimum Gasteiger partial charge on any atom is -0.396 e. The van der Waals surface area contributed by atoms with E-state index >= 15 is 0 Å². The highest BCUT2D eigenvalue weighted by Crippen LogP contribution is 2.20. The average Bonchev–Trinajstić information content (AvgIpc) is 2.12. The first kappa shape index (κ1) is 11.8. The van der Waals surface area contributed by atoms with Crippen LogP contribution in [-0.4, -0.2) is 27.4 Å². The van der Waals surface area contributed by atoms with Gasteiger partial charge in [0.15, 0.2) is 0 Å². The molecule has 78 valence electrons. The molecular formula is C9H13ClN2OS. The number of hydrogen-bond acceptors (Lipinski definition) is 4. The fourth-order valence-corrected chi connectivity index (χ4v) is 2.10. The molecule has 3 nitrogen and oxygen atoms in total. The van der Waals surface area contributed by atoms with Gasteiger partial charge in [-0.25, -0.2) is 9.97 Å². The maximum absolute atomic E-state index is 8.85. The van der Waals surface area contributed by atoms with Gasteiger partial charge in [-0.15, -0.1) is 11.8 Å². The van der Waals surface area contributed by atoms with Crippen LogP contribution in [0, 0.1) is 12.8 Å². The van der Waals surface area contributed by atoms with Crippen LogP contribution in [0.3, 0.4) is 0 Å². The molecule has 1 unspecified atom stereocenters. The zero-order valence-electron chi connectivity index (χ0n) is 8.20. The highest BCUT2D eigenvalue weighted by atomic mass is 35.5. The molecule has 14 heavy (non-hydrogen) atoms. The third-order valence-corrected chi connectivity index (χ3v) is 3.04. The number of aryl methyl sites for hydroxylation is 1. The second kappa shape index (κ2) is 5.53. The fraction of sp³-hybridized carbons (Fsp3) is 0.556. The van der Waals surface area contributed by atoms with Crippen LogP contribution in [0.25, 0.3) is 0 Å². The van der Waals surface area contributed by atoms with E-state index in [2.05, 4.69) is 9.97 Å². The molecule has 1 aromatic rings. The molecule has 1 atom stereocenters. The summed E-state index contributed by atoms with van der Waals surface area (Å²) in [6, 6.07) is 1.89. The molecule has 0 aliphatic carbocycles. The summed E-state index contributed by atoms with van der Waals surface area (Å²) < 4.78 is 0. The molecule has 0 bridgehead atoms. The molecule has 0 aliphatic rings. The number of aromatic nitrogens is 2. The Labute approximate surface area is 92.9 Å². The van der Waals surface area contributed by atoms with Gasteiger partial charge in [-0.1, -0.05) is 6.92 Å². The predicted molar refractivity (Wildman–Crippen MR) is 58.8 cm³/mol. The van der Waals surface area contributed by atoms with Crippen molar-refractivity contribution in [3.05, 3.63) is 17.0 Å². The lowest BCUT2D eigenvalue weighted by Gasteiger charge is -2.06. The molecule has 0 saturated carbocycles. The number of nitrogens with zero attached hydrogens (tertiary/aromatic N) is 2. The van der Waals surface area contributed by atoms with Crippen molar-refractivity contribution in [2.75, 3.05) is 12.4 Å². The van der Waals surface area contributed by atoms with Gasteiger partial charge in [0.25, 0.3) is 0 Å². The van der Waals surface area contributed by atoms with Crippen LogP contribution in [0.5, 0.6) is 0 Å². The molecule has 1 N–H and O–H groups in total. The number of halogens is 1. The quantitative estimate of drug-likeness (QED) is 0.491. The predicted octanol–water partition coefficient (Wildman–Crippen LogP) is 2.16. The van der Waals surface area contributed by atoms with Crippen LogP contribution in [0.2, 0.25) is 5.28 Å². The Morgan fingerprint density at radius 2 is 2.29 bits per heavy atom. The van der Waals surface area contributed by atoms with Crippen molar-refractivity contribution in [3.63, 3.8) is 0 Å². The SMILES string of the molecule is Cc1cc(SCC(C)CO)nc(Cl)n1. The molecule has 1 rings (SSSR count). The second-order valence-corrected chi connectivity index (χ2v) is 4.59. The van der Waals surface area contributed by atoms with Crippen molar-refractivity contribution in [1.29, 1.82) is 0 Å². The largest absolute Gasteiger partial charge is 0.396 e. The minimum atomic E-state index is 0.199. The summed E-state index contributed by atoms with van der Waals surface area (Å²) in [5.74, 6) is 1.11. The maximum atomic E-state index is 8.85. The molecule has 0 fully saturated rings. The van der Waals surface area contributed by atoms with Gasteiger partial charge < -0.3 is 5.11 Å². The lowest BCUT2D eigenvalue weighted by Crippen LogP contribution is -2.03. The van der Waals surface area contributed by atoms with E-state index in [1.54, 1.807) is 11.8 Å². The molecule has 1 aromatic heterocycles. The third-order valence-electron chi connectivity index (χ3n) is 1.63. The standard InChI is InChI=1S/C9H13ClN2OS/c1-6(4-13)5-14-8-3-7(2)11-9(10)12-8/h3,6,13H,4-5H2,1-2H3. The van der Waals surface area contributed by atoms with Gasteiger partial charge in [0.05, 0.1) is 0 Å². The Morgan fingerprint density at radius 1 is 1.57 bits per heavy atom. The van der Waals surface area contributed by atoms with Crippen LogP contribution >= 0.6 is 23.4 Å². The van der Waals surface area contributed by atoms with E-state index in [9.17, 15) is 0 Å². The molecule has 0 aromatic carbocycles. The van der Waals surface area contributed by atoms with E-state index < -0.39 is 0 Å². The van der Waals surface area contributed by atoms with Crippen molar-refractivity contribution >= 4 is 23.4 Å². The van der Waals surface area contributed by atoms with E-state index in [0.29, 0.717) is 0 Å². The van der Waals surface area contributed by atoms with Gasteiger partial charge >= 0.3 is 0 Å². The van der Waals surface area contributed by atoms with Crippen LogP contribution in [0.1, 0.15) is 12.6 Å². The first-order valence-corrected chi connectivity index (χ1v) is 5.73. The average molecular weight is 233 g/mol. The number of aliphatic hydroxyl groups is 1. The summed E-state index contributed by atoms with van der Waals surface area (Å²) in [5, 5.41) is 10.00. The zero-order valence-corrected chi connectivity index (χ0v) is 9.77. The molecular weight excluding hydrogens is 220 g/mol. The van der Waals surface area contributed by atoms with Crippen LogP contribution < -0.4 is 0 Å². The van der Waals surface area contributed by atoms with E-state index in [4.69, 9.17) is 16.7 Å². The number of thioether (sulfide) groups is 1. The Morgan fingerprint density at radius 3 is 2.86 bits per heavy atom. The summed E-state index contributed by atoms with van der Waals surface area (Å²) in [5.41, 5.74) is 0.865.